The zero-order chi connectivity index (χ0) is 25.5. The van der Waals surface area contributed by atoms with Crippen molar-refractivity contribution < 1.29 is 44.9 Å². The molecule has 5 rings (SSSR count). The Balaban J connectivity index is 1.44. The molecule has 0 aromatic heterocycles. The third-order valence-corrected chi connectivity index (χ3v) is 10.4. The highest BCUT2D eigenvalue weighted by Crippen LogP contribution is 2.72. The van der Waals surface area contributed by atoms with Crippen LogP contribution in [0.2, 0.25) is 0 Å². The molecule has 1 spiro atoms. The lowest BCUT2D eigenvalue weighted by Gasteiger charge is -2.65. The minimum absolute atomic E-state index is 0.0708. The molecule has 0 amide bonds. The highest BCUT2D eigenvalue weighted by molar-refractivity contribution is 5.77. The van der Waals surface area contributed by atoms with Gasteiger partial charge in [-0.2, -0.15) is 0 Å². The molecule has 9 heteroatoms. The normalized spacial score (nSPS) is 55.7. The van der Waals surface area contributed by atoms with E-state index in [1.54, 1.807) is 6.92 Å². The fourth-order valence-corrected chi connectivity index (χ4v) is 9.30. The lowest BCUT2D eigenvalue weighted by molar-refractivity contribution is -0.300. The van der Waals surface area contributed by atoms with Crippen molar-refractivity contribution in [1.82, 2.24) is 0 Å². The highest BCUT2D eigenvalue weighted by atomic mass is 16.7. The van der Waals surface area contributed by atoms with Crippen LogP contribution in [0.5, 0.6) is 0 Å². The largest absolute Gasteiger partial charge is 0.432 e. The zero-order valence-electron chi connectivity index (χ0n) is 20.5. The van der Waals surface area contributed by atoms with Gasteiger partial charge in [-0.05, 0) is 68.1 Å². The number of fused-ring (bicyclic) bond motifs is 3. The average molecular weight is 497 g/mol. The van der Waals surface area contributed by atoms with Gasteiger partial charge < -0.3 is 40.1 Å². The van der Waals surface area contributed by atoms with Crippen LogP contribution in [0.1, 0.15) is 58.8 Å². The molecule has 2 bridgehead atoms. The van der Waals surface area contributed by atoms with Crippen molar-refractivity contribution in [1.29, 1.82) is 0 Å². The SMILES string of the molecule is C=C1CC23CC1CC(O)C2C1(C)CCCC(C)(C(=O)OC2OC(CO)C(O)C(O)C2O)C1C(O)C3. The number of ether oxygens (including phenoxy) is 2. The Morgan fingerprint density at radius 2 is 1.74 bits per heavy atom. The van der Waals surface area contributed by atoms with Crippen molar-refractivity contribution in [3.05, 3.63) is 12.2 Å². The summed E-state index contributed by atoms with van der Waals surface area (Å²) in [6.45, 7) is 7.51. The predicted molar refractivity (Wildman–Crippen MR) is 122 cm³/mol. The third kappa shape index (κ3) is 3.57. The van der Waals surface area contributed by atoms with E-state index in [9.17, 15) is 35.4 Å². The Hall–Kier alpha value is -1.07. The van der Waals surface area contributed by atoms with E-state index >= 15 is 0 Å². The molecule has 13 atom stereocenters. The van der Waals surface area contributed by atoms with Gasteiger partial charge in [-0.1, -0.05) is 25.5 Å². The van der Waals surface area contributed by atoms with Gasteiger partial charge in [-0.3, -0.25) is 4.79 Å². The molecule has 4 aliphatic carbocycles. The number of aliphatic hydroxyl groups excluding tert-OH is 6. The van der Waals surface area contributed by atoms with Gasteiger partial charge in [0, 0.05) is 5.92 Å². The van der Waals surface area contributed by atoms with Crippen molar-refractivity contribution in [2.45, 2.75) is 102 Å². The Labute approximate surface area is 205 Å². The van der Waals surface area contributed by atoms with E-state index in [0.29, 0.717) is 25.7 Å². The van der Waals surface area contributed by atoms with Crippen molar-refractivity contribution >= 4 is 5.97 Å². The molecule has 1 heterocycles. The smallest absolute Gasteiger partial charge is 0.314 e. The van der Waals surface area contributed by atoms with Crippen LogP contribution in [-0.4, -0.2) is 86.1 Å². The van der Waals surface area contributed by atoms with E-state index in [1.807, 2.05) is 0 Å². The van der Waals surface area contributed by atoms with E-state index < -0.39 is 72.2 Å². The van der Waals surface area contributed by atoms with Gasteiger partial charge in [0.2, 0.25) is 6.29 Å². The van der Waals surface area contributed by atoms with Crippen LogP contribution in [0, 0.1) is 34.0 Å². The first-order chi connectivity index (χ1) is 16.4. The molecule has 35 heavy (non-hydrogen) atoms. The van der Waals surface area contributed by atoms with E-state index in [0.717, 1.165) is 24.8 Å². The van der Waals surface area contributed by atoms with Gasteiger partial charge in [0.25, 0.3) is 0 Å². The first kappa shape index (κ1) is 25.6. The maximum atomic E-state index is 13.7. The van der Waals surface area contributed by atoms with E-state index in [-0.39, 0.29) is 17.3 Å². The summed E-state index contributed by atoms with van der Waals surface area (Å²) in [5.41, 5.74) is -0.683. The fourth-order valence-electron chi connectivity index (χ4n) is 9.30. The second-order valence-electron chi connectivity index (χ2n) is 12.5. The maximum Gasteiger partial charge on any atom is 0.314 e. The first-order valence-electron chi connectivity index (χ1n) is 12.9. The average Bonchev–Trinajstić information content (AvgIpc) is 3.01. The van der Waals surface area contributed by atoms with E-state index in [4.69, 9.17) is 9.47 Å². The van der Waals surface area contributed by atoms with E-state index in [2.05, 4.69) is 13.5 Å². The summed E-state index contributed by atoms with van der Waals surface area (Å²) in [4.78, 5) is 13.7. The Bertz CT molecular complexity index is 877. The summed E-state index contributed by atoms with van der Waals surface area (Å²) < 4.78 is 11.0. The van der Waals surface area contributed by atoms with Gasteiger partial charge in [-0.25, -0.2) is 0 Å². The minimum atomic E-state index is -1.68. The Morgan fingerprint density at radius 1 is 1.03 bits per heavy atom. The number of esters is 1. The Kier molecular flexibility index (Phi) is 6.19. The second-order valence-corrected chi connectivity index (χ2v) is 12.5. The topological polar surface area (TPSA) is 157 Å². The quantitative estimate of drug-likeness (QED) is 0.238. The number of carbonyl (C=O) groups is 1. The van der Waals surface area contributed by atoms with Gasteiger partial charge in [0.1, 0.15) is 24.4 Å². The molecule has 0 aromatic rings. The zero-order valence-corrected chi connectivity index (χ0v) is 20.5. The number of hydrogen-bond donors (Lipinski definition) is 6. The molecule has 9 nitrogen and oxygen atoms in total. The molecule has 1 saturated heterocycles. The molecular formula is C26H40O9. The van der Waals surface area contributed by atoms with Crippen LogP contribution >= 0.6 is 0 Å². The van der Waals surface area contributed by atoms with Gasteiger partial charge in [0.05, 0.1) is 24.2 Å². The fraction of sp³-hybridized carbons (Fsp3) is 0.885. The molecule has 0 radical (unpaired) electrons. The summed E-state index contributed by atoms with van der Waals surface area (Å²) in [5, 5.41) is 62.9. The number of allylic oxidation sites excluding steroid dienone is 1. The van der Waals surface area contributed by atoms with Crippen molar-refractivity contribution in [2.24, 2.45) is 34.0 Å². The molecule has 6 N–H and O–H groups in total. The van der Waals surface area contributed by atoms with Crippen LogP contribution in [-0.2, 0) is 14.3 Å². The summed E-state index contributed by atoms with van der Waals surface area (Å²) in [6, 6.07) is 0. The number of aliphatic hydroxyl groups is 6. The predicted octanol–water partition coefficient (Wildman–Crippen LogP) is 0.240. The second kappa shape index (κ2) is 8.48. The lowest BCUT2D eigenvalue weighted by Crippen LogP contribution is -2.66. The van der Waals surface area contributed by atoms with Gasteiger partial charge in [0.15, 0.2) is 0 Å². The van der Waals surface area contributed by atoms with Gasteiger partial charge in [-0.15, -0.1) is 0 Å². The van der Waals surface area contributed by atoms with Crippen LogP contribution < -0.4 is 0 Å². The minimum Gasteiger partial charge on any atom is -0.432 e. The summed E-state index contributed by atoms with van der Waals surface area (Å²) in [7, 11) is 0. The molecule has 5 aliphatic rings. The molecule has 5 fully saturated rings. The highest BCUT2D eigenvalue weighted by Gasteiger charge is 2.70. The van der Waals surface area contributed by atoms with Crippen molar-refractivity contribution in [3.8, 4) is 0 Å². The van der Waals surface area contributed by atoms with Gasteiger partial charge >= 0.3 is 5.97 Å². The van der Waals surface area contributed by atoms with Crippen molar-refractivity contribution in [3.63, 3.8) is 0 Å². The molecule has 4 saturated carbocycles. The van der Waals surface area contributed by atoms with Crippen molar-refractivity contribution in [2.75, 3.05) is 6.61 Å². The molecule has 198 valence electrons. The van der Waals surface area contributed by atoms with Crippen LogP contribution in [0.3, 0.4) is 0 Å². The molecule has 0 aromatic carbocycles. The third-order valence-electron chi connectivity index (χ3n) is 10.4. The molecule has 1 aliphatic heterocycles. The van der Waals surface area contributed by atoms with Crippen LogP contribution in [0.25, 0.3) is 0 Å². The molecular weight excluding hydrogens is 456 g/mol. The molecule has 13 unspecified atom stereocenters. The number of hydrogen-bond acceptors (Lipinski definition) is 9. The monoisotopic (exact) mass is 496 g/mol. The van der Waals surface area contributed by atoms with Crippen LogP contribution in [0.15, 0.2) is 12.2 Å². The number of rotatable bonds is 3. The summed E-state index contributed by atoms with van der Waals surface area (Å²) in [6.07, 6.45) is -4.11. The van der Waals surface area contributed by atoms with Crippen LogP contribution in [0.4, 0.5) is 0 Å². The summed E-state index contributed by atoms with van der Waals surface area (Å²) in [5.74, 6) is -0.929. The Morgan fingerprint density at radius 3 is 2.43 bits per heavy atom. The maximum absolute atomic E-state index is 13.7. The summed E-state index contributed by atoms with van der Waals surface area (Å²) >= 11 is 0. The standard InChI is InChI=1S/C26H40O9/c1-12-8-26-9-13(12)7-14(28)21(26)24(2)5-4-6-25(3,20(24)15(29)10-26)23(33)35-22-19(32)18(31)17(30)16(11-27)34-22/h13-22,27-32H,1,4-11H2,2-3H3. The lowest BCUT2D eigenvalue weighted by atomic mass is 9.39. The van der Waals surface area contributed by atoms with E-state index in [1.165, 1.54) is 0 Å². The first-order valence-corrected chi connectivity index (χ1v) is 12.9. The number of carbonyl (C=O) groups excluding carboxylic acids is 1.